The van der Waals surface area contributed by atoms with Crippen molar-refractivity contribution in [2.24, 2.45) is 0 Å². The Kier molecular flexibility index (Phi) is 3.54. The molecule has 0 saturated carbocycles. The summed E-state index contributed by atoms with van der Waals surface area (Å²) in [4.78, 5) is 11.8. The van der Waals surface area contributed by atoms with Gasteiger partial charge in [0.05, 0.1) is 12.3 Å². The summed E-state index contributed by atoms with van der Waals surface area (Å²) >= 11 is 0. The lowest BCUT2D eigenvalue weighted by Gasteiger charge is -2.10. The molecule has 2 aromatic carbocycles. The quantitative estimate of drug-likeness (QED) is 0.929. The number of para-hydroxylation sites is 1. The molecule has 0 atom stereocenters. The average Bonchev–Trinajstić information content (AvgIpc) is 2.96. The SMILES string of the molecule is O=C(Nc1cccc2c1OCC2)OCc1ccccc1. The largest absolute Gasteiger partial charge is 0.491 e. The minimum atomic E-state index is -0.474. The molecule has 4 nitrogen and oxygen atoms in total. The predicted molar refractivity (Wildman–Crippen MR) is 75.9 cm³/mol. The predicted octanol–water partition coefficient (Wildman–Crippen LogP) is 3.37. The number of rotatable bonds is 3. The van der Waals surface area contributed by atoms with Crippen LogP contribution in [0.15, 0.2) is 48.5 Å². The standard InChI is InChI=1S/C16H15NO3/c18-16(20-11-12-5-2-1-3-6-12)17-14-8-4-7-13-9-10-19-15(13)14/h1-8H,9-11H2,(H,17,18). The molecule has 0 radical (unpaired) electrons. The normalized spacial score (nSPS) is 12.4. The van der Waals surface area contributed by atoms with E-state index >= 15 is 0 Å². The van der Waals surface area contributed by atoms with E-state index in [2.05, 4.69) is 5.32 Å². The number of ether oxygens (including phenoxy) is 2. The van der Waals surface area contributed by atoms with E-state index < -0.39 is 6.09 Å². The first-order chi connectivity index (χ1) is 9.83. The van der Waals surface area contributed by atoms with Crippen molar-refractivity contribution in [3.8, 4) is 5.75 Å². The van der Waals surface area contributed by atoms with E-state index in [4.69, 9.17) is 9.47 Å². The van der Waals surface area contributed by atoms with E-state index in [0.717, 1.165) is 23.3 Å². The highest BCUT2D eigenvalue weighted by atomic mass is 16.5. The Hall–Kier alpha value is -2.49. The molecule has 3 rings (SSSR count). The van der Waals surface area contributed by atoms with Crippen LogP contribution in [0.2, 0.25) is 0 Å². The molecule has 1 aliphatic heterocycles. The third kappa shape index (κ3) is 2.74. The molecule has 1 N–H and O–H groups in total. The van der Waals surface area contributed by atoms with Gasteiger partial charge in [-0.05, 0) is 17.2 Å². The average molecular weight is 269 g/mol. The Labute approximate surface area is 117 Å². The molecule has 0 unspecified atom stereocenters. The zero-order valence-electron chi connectivity index (χ0n) is 11.0. The van der Waals surface area contributed by atoms with E-state index in [1.165, 1.54) is 0 Å². The number of hydrogen-bond donors (Lipinski definition) is 1. The number of fused-ring (bicyclic) bond motifs is 1. The molecule has 1 heterocycles. The van der Waals surface area contributed by atoms with Crippen LogP contribution in [0.3, 0.4) is 0 Å². The van der Waals surface area contributed by atoms with Crippen LogP contribution in [-0.2, 0) is 17.8 Å². The maximum atomic E-state index is 11.8. The van der Waals surface area contributed by atoms with Crippen LogP contribution >= 0.6 is 0 Å². The van der Waals surface area contributed by atoms with E-state index in [-0.39, 0.29) is 6.61 Å². The third-order valence-corrected chi connectivity index (χ3v) is 3.16. The van der Waals surface area contributed by atoms with Gasteiger partial charge in [0.15, 0.2) is 0 Å². The third-order valence-electron chi connectivity index (χ3n) is 3.16. The number of carbonyl (C=O) groups excluding carboxylic acids is 1. The van der Waals surface area contributed by atoms with Crippen molar-refractivity contribution in [3.05, 3.63) is 59.7 Å². The van der Waals surface area contributed by atoms with Gasteiger partial charge in [-0.1, -0.05) is 42.5 Å². The summed E-state index contributed by atoms with van der Waals surface area (Å²) in [7, 11) is 0. The summed E-state index contributed by atoms with van der Waals surface area (Å²) in [5.41, 5.74) is 2.74. The van der Waals surface area contributed by atoms with Gasteiger partial charge in [0, 0.05) is 6.42 Å². The fraction of sp³-hybridized carbons (Fsp3) is 0.188. The summed E-state index contributed by atoms with van der Waals surface area (Å²) < 4.78 is 10.7. The highest BCUT2D eigenvalue weighted by Gasteiger charge is 2.17. The van der Waals surface area contributed by atoms with Crippen molar-refractivity contribution in [1.29, 1.82) is 0 Å². The van der Waals surface area contributed by atoms with Crippen LogP contribution in [0.25, 0.3) is 0 Å². The van der Waals surface area contributed by atoms with Crippen molar-refractivity contribution in [1.82, 2.24) is 0 Å². The number of benzene rings is 2. The van der Waals surface area contributed by atoms with Crippen LogP contribution in [-0.4, -0.2) is 12.7 Å². The molecule has 102 valence electrons. The highest BCUT2D eigenvalue weighted by Crippen LogP contribution is 2.33. The Balaban J connectivity index is 1.61. The molecule has 0 aromatic heterocycles. The first kappa shape index (κ1) is 12.5. The second-order valence-electron chi connectivity index (χ2n) is 4.58. The minimum absolute atomic E-state index is 0.253. The number of carbonyl (C=O) groups is 1. The van der Waals surface area contributed by atoms with Gasteiger partial charge in [-0.2, -0.15) is 0 Å². The van der Waals surface area contributed by atoms with Gasteiger partial charge < -0.3 is 9.47 Å². The molecule has 0 aliphatic carbocycles. The molecular weight excluding hydrogens is 254 g/mol. The van der Waals surface area contributed by atoms with E-state index in [1.54, 1.807) is 0 Å². The molecule has 1 amide bonds. The minimum Gasteiger partial charge on any atom is -0.491 e. The Morgan fingerprint density at radius 2 is 2.00 bits per heavy atom. The molecule has 20 heavy (non-hydrogen) atoms. The van der Waals surface area contributed by atoms with Gasteiger partial charge in [-0.3, -0.25) is 5.32 Å². The zero-order valence-corrected chi connectivity index (χ0v) is 11.0. The smallest absolute Gasteiger partial charge is 0.412 e. The summed E-state index contributed by atoms with van der Waals surface area (Å²) in [6, 6.07) is 15.3. The fourth-order valence-electron chi connectivity index (χ4n) is 2.18. The van der Waals surface area contributed by atoms with Crippen LogP contribution in [0, 0.1) is 0 Å². The van der Waals surface area contributed by atoms with Crippen molar-refractivity contribution in [3.63, 3.8) is 0 Å². The Morgan fingerprint density at radius 1 is 1.15 bits per heavy atom. The molecule has 4 heteroatoms. The maximum absolute atomic E-state index is 11.8. The van der Waals surface area contributed by atoms with Gasteiger partial charge >= 0.3 is 6.09 Å². The van der Waals surface area contributed by atoms with Gasteiger partial charge in [0.2, 0.25) is 0 Å². The number of amides is 1. The first-order valence-electron chi connectivity index (χ1n) is 6.55. The van der Waals surface area contributed by atoms with Gasteiger partial charge in [-0.15, -0.1) is 0 Å². The van der Waals surface area contributed by atoms with Crippen molar-refractivity contribution >= 4 is 11.8 Å². The van der Waals surface area contributed by atoms with Crippen molar-refractivity contribution < 1.29 is 14.3 Å². The van der Waals surface area contributed by atoms with E-state index in [1.807, 2.05) is 48.5 Å². The topological polar surface area (TPSA) is 47.6 Å². The van der Waals surface area contributed by atoms with Crippen LogP contribution in [0.1, 0.15) is 11.1 Å². The van der Waals surface area contributed by atoms with Crippen LogP contribution in [0.4, 0.5) is 10.5 Å². The van der Waals surface area contributed by atoms with Crippen LogP contribution < -0.4 is 10.1 Å². The fourth-order valence-corrected chi connectivity index (χ4v) is 2.18. The lowest BCUT2D eigenvalue weighted by Crippen LogP contribution is -2.14. The molecule has 0 fully saturated rings. The lowest BCUT2D eigenvalue weighted by molar-refractivity contribution is 0.155. The van der Waals surface area contributed by atoms with E-state index in [0.29, 0.717) is 12.3 Å². The molecule has 1 aliphatic rings. The van der Waals surface area contributed by atoms with Gasteiger partial charge in [0.1, 0.15) is 12.4 Å². The summed E-state index contributed by atoms with van der Waals surface area (Å²) in [5.74, 6) is 0.754. The molecule has 0 spiro atoms. The second-order valence-corrected chi connectivity index (χ2v) is 4.58. The number of anilines is 1. The lowest BCUT2D eigenvalue weighted by atomic mass is 10.1. The Bertz CT molecular complexity index is 610. The van der Waals surface area contributed by atoms with Crippen LogP contribution in [0.5, 0.6) is 5.75 Å². The van der Waals surface area contributed by atoms with Crippen molar-refractivity contribution in [2.45, 2.75) is 13.0 Å². The molecule has 2 aromatic rings. The van der Waals surface area contributed by atoms with Crippen molar-refractivity contribution in [2.75, 3.05) is 11.9 Å². The van der Waals surface area contributed by atoms with Gasteiger partial charge in [0.25, 0.3) is 0 Å². The second kappa shape index (κ2) is 5.65. The molecular formula is C16H15NO3. The number of hydrogen-bond acceptors (Lipinski definition) is 3. The highest BCUT2D eigenvalue weighted by molar-refractivity contribution is 5.87. The van der Waals surface area contributed by atoms with E-state index in [9.17, 15) is 4.79 Å². The molecule has 0 bridgehead atoms. The summed E-state index contributed by atoms with van der Waals surface area (Å²) in [6.07, 6.45) is 0.405. The summed E-state index contributed by atoms with van der Waals surface area (Å²) in [6.45, 7) is 0.912. The monoisotopic (exact) mass is 269 g/mol. The van der Waals surface area contributed by atoms with Gasteiger partial charge in [-0.25, -0.2) is 4.79 Å². The Morgan fingerprint density at radius 3 is 2.85 bits per heavy atom. The maximum Gasteiger partial charge on any atom is 0.412 e. The summed E-state index contributed by atoms with van der Waals surface area (Å²) in [5, 5.41) is 2.73. The molecule has 0 saturated heterocycles. The first-order valence-corrected chi connectivity index (χ1v) is 6.55. The zero-order chi connectivity index (χ0) is 13.8. The number of nitrogens with one attached hydrogen (secondary N) is 1.